The van der Waals surface area contributed by atoms with Crippen LogP contribution in [0, 0.1) is 5.92 Å². The number of carboxylic acids is 1. The van der Waals surface area contributed by atoms with Gasteiger partial charge in [0.25, 0.3) is 0 Å². The van der Waals surface area contributed by atoms with Crippen LogP contribution in [0.4, 0.5) is 0 Å². The summed E-state index contributed by atoms with van der Waals surface area (Å²) in [5.41, 5.74) is 1.56. The van der Waals surface area contributed by atoms with E-state index in [0.717, 1.165) is 36.1 Å². The first kappa shape index (κ1) is 18.8. The molecule has 150 valence electrons. The van der Waals surface area contributed by atoms with Crippen molar-refractivity contribution in [3.63, 3.8) is 0 Å². The van der Waals surface area contributed by atoms with Crippen molar-refractivity contribution in [2.45, 2.75) is 44.2 Å². The summed E-state index contributed by atoms with van der Waals surface area (Å²) in [4.78, 5) is 25.6. The number of amides is 1. The molecule has 0 spiro atoms. The Morgan fingerprint density at radius 1 is 1.32 bits per heavy atom. The van der Waals surface area contributed by atoms with E-state index in [2.05, 4.69) is 10.2 Å². The summed E-state index contributed by atoms with van der Waals surface area (Å²) in [7, 11) is 1.60. The van der Waals surface area contributed by atoms with Crippen molar-refractivity contribution in [1.29, 1.82) is 0 Å². The van der Waals surface area contributed by atoms with Crippen LogP contribution in [0.3, 0.4) is 0 Å². The number of carbonyl (C=O) groups excluding carboxylic acids is 1. The zero-order valence-electron chi connectivity index (χ0n) is 16.0. The number of ether oxygens (including phenoxy) is 1. The first-order chi connectivity index (χ1) is 13.5. The van der Waals surface area contributed by atoms with Crippen molar-refractivity contribution in [3.8, 4) is 5.75 Å². The Labute approximate surface area is 163 Å². The summed E-state index contributed by atoms with van der Waals surface area (Å²) in [5, 5.41) is 13.1. The maximum absolute atomic E-state index is 12.4. The Balaban J connectivity index is 1.28. The molecule has 0 atom stereocenters. The van der Waals surface area contributed by atoms with Crippen molar-refractivity contribution in [3.05, 3.63) is 30.0 Å². The summed E-state index contributed by atoms with van der Waals surface area (Å²) in [5.74, 6) is 0.557. The highest BCUT2D eigenvalue weighted by Gasteiger charge is 2.37. The SMILES string of the molecule is COc1ccc2c(CC(=O)NC3CC(N(CC(=O)O)CC4CC4)C3)coc2c1. The second-order valence-corrected chi connectivity index (χ2v) is 7.96. The molecule has 0 saturated heterocycles. The Hall–Kier alpha value is -2.54. The fraction of sp³-hybridized carbons (Fsp3) is 0.524. The quantitative estimate of drug-likeness (QED) is 0.688. The average Bonchev–Trinajstić information content (AvgIpc) is 3.36. The predicted octanol–water partition coefficient (Wildman–Crippen LogP) is 2.43. The summed E-state index contributed by atoms with van der Waals surface area (Å²) in [6.45, 7) is 0.953. The van der Waals surface area contributed by atoms with Crippen molar-refractivity contribution >= 4 is 22.8 Å². The summed E-state index contributed by atoms with van der Waals surface area (Å²) < 4.78 is 10.7. The molecule has 1 aromatic carbocycles. The van der Waals surface area contributed by atoms with Crippen LogP contribution in [0.15, 0.2) is 28.9 Å². The van der Waals surface area contributed by atoms with E-state index in [4.69, 9.17) is 14.3 Å². The number of nitrogens with zero attached hydrogens (tertiary/aromatic N) is 1. The van der Waals surface area contributed by atoms with Gasteiger partial charge in [0, 0.05) is 35.6 Å². The van der Waals surface area contributed by atoms with Crippen molar-refractivity contribution in [1.82, 2.24) is 10.2 Å². The molecule has 2 saturated carbocycles. The molecule has 2 fully saturated rings. The van der Waals surface area contributed by atoms with Gasteiger partial charge < -0.3 is 19.6 Å². The van der Waals surface area contributed by atoms with Gasteiger partial charge in [-0.3, -0.25) is 14.5 Å². The molecular formula is C21H26N2O5. The third kappa shape index (κ3) is 4.30. The van der Waals surface area contributed by atoms with E-state index in [9.17, 15) is 9.59 Å². The zero-order valence-corrected chi connectivity index (χ0v) is 16.0. The predicted molar refractivity (Wildman–Crippen MR) is 103 cm³/mol. The highest BCUT2D eigenvalue weighted by molar-refractivity contribution is 5.88. The van der Waals surface area contributed by atoms with Gasteiger partial charge in [0.15, 0.2) is 0 Å². The Morgan fingerprint density at radius 3 is 2.79 bits per heavy atom. The van der Waals surface area contributed by atoms with E-state index in [1.54, 1.807) is 13.4 Å². The van der Waals surface area contributed by atoms with Gasteiger partial charge in [0.2, 0.25) is 5.91 Å². The molecule has 2 aliphatic carbocycles. The minimum Gasteiger partial charge on any atom is -0.497 e. The Bertz CT molecular complexity index is 867. The van der Waals surface area contributed by atoms with Crippen LogP contribution in [0.2, 0.25) is 0 Å². The lowest BCUT2D eigenvalue weighted by molar-refractivity contribution is -0.140. The molecule has 28 heavy (non-hydrogen) atoms. The van der Waals surface area contributed by atoms with Gasteiger partial charge in [-0.2, -0.15) is 0 Å². The first-order valence-corrected chi connectivity index (χ1v) is 9.81. The van der Waals surface area contributed by atoms with Crippen LogP contribution in [0.25, 0.3) is 11.0 Å². The number of hydrogen-bond donors (Lipinski definition) is 2. The zero-order chi connectivity index (χ0) is 19.7. The van der Waals surface area contributed by atoms with E-state index in [-0.39, 0.29) is 31.0 Å². The molecule has 0 radical (unpaired) electrons. The molecule has 0 unspecified atom stereocenters. The largest absolute Gasteiger partial charge is 0.497 e. The van der Waals surface area contributed by atoms with Crippen LogP contribution in [0.1, 0.15) is 31.2 Å². The molecule has 0 bridgehead atoms. The highest BCUT2D eigenvalue weighted by atomic mass is 16.5. The molecule has 7 nitrogen and oxygen atoms in total. The highest BCUT2D eigenvalue weighted by Crippen LogP contribution is 2.34. The fourth-order valence-corrected chi connectivity index (χ4v) is 3.93. The van der Waals surface area contributed by atoms with E-state index in [1.807, 2.05) is 18.2 Å². The van der Waals surface area contributed by atoms with Crippen LogP contribution >= 0.6 is 0 Å². The number of carbonyl (C=O) groups is 2. The standard InChI is InChI=1S/C21H26N2O5/c1-27-17-4-5-18-14(12-28-19(18)9-17)6-20(24)22-15-7-16(8-15)23(11-21(25)26)10-13-2-3-13/h4-5,9,12-13,15-16H,2-3,6-8,10-11H2,1H3,(H,22,24)(H,25,26). The fourth-order valence-electron chi connectivity index (χ4n) is 3.93. The van der Waals surface area contributed by atoms with Crippen molar-refractivity contribution in [2.24, 2.45) is 5.92 Å². The lowest BCUT2D eigenvalue weighted by atomic mass is 9.85. The van der Waals surface area contributed by atoms with Crippen LogP contribution in [-0.2, 0) is 16.0 Å². The normalized spacial score (nSPS) is 21.5. The lowest BCUT2D eigenvalue weighted by Gasteiger charge is -2.42. The minimum absolute atomic E-state index is 0.0334. The van der Waals surface area contributed by atoms with Crippen molar-refractivity contribution < 1.29 is 23.8 Å². The maximum Gasteiger partial charge on any atom is 0.317 e. The third-order valence-corrected chi connectivity index (χ3v) is 5.74. The smallest absolute Gasteiger partial charge is 0.317 e. The van der Waals surface area contributed by atoms with Gasteiger partial charge in [0.05, 0.1) is 26.3 Å². The molecule has 2 N–H and O–H groups in total. The molecule has 2 aromatic rings. The van der Waals surface area contributed by atoms with Crippen LogP contribution in [0.5, 0.6) is 5.75 Å². The number of aliphatic carboxylic acids is 1. The Kier molecular flexibility index (Phi) is 5.26. The number of furan rings is 1. The Morgan fingerprint density at radius 2 is 2.11 bits per heavy atom. The molecule has 1 amide bonds. The average molecular weight is 386 g/mol. The topological polar surface area (TPSA) is 92.0 Å². The van der Waals surface area contributed by atoms with E-state index >= 15 is 0 Å². The number of benzene rings is 1. The van der Waals surface area contributed by atoms with Crippen molar-refractivity contribution in [2.75, 3.05) is 20.2 Å². The monoisotopic (exact) mass is 386 g/mol. The lowest BCUT2D eigenvalue weighted by Crippen LogP contribution is -2.55. The molecule has 2 aliphatic rings. The summed E-state index contributed by atoms with van der Waals surface area (Å²) in [6, 6.07) is 5.94. The molecule has 1 aromatic heterocycles. The van der Waals surface area contributed by atoms with E-state index in [0.29, 0.717) is 11.5 Å². The van der Waals surface area contributed by atoms with Gasteiger partial charge in [-0.25, -0.2) is 0 Å². The van der Waals surface area contributed by atoms with E-state index < -0.39 is 5.97 Å². The number of hydrogen-bond acceptors (Lipinski definition) is 5. The second kappa shape index (κ2) is 7.83. The molecule has 7 heteroatoms. The number of rotatable bonds is 9. The summed E-state index contributed by atoms with van der Waals surface area (Å²) >= 11 is 0. The minimum atomic E-state index is -0.781. The molecule has 0 aliphatic heterocycles. The number of methoxy groups -OCH3 is 1. The van der Waals surface area contributed by atoms with Gasteiger partial charge in [-0.05, 0) is 43.7 Å². The van der Waals surface area contributed by atoms with Gasteiger partial charge in [-0.1, -0.05) is 0 Å². The number of nitrogens with one attached hydrogen (secondary N) is 1. The van der Waals surface area contributed by atoms with Crippen LogP contribution in [-0.4, -0.2) is 54.2 Å². The maximum atomic E-state index is 12.4. The summed E-state index contributed by atoms with van der Waals surface area (Å²) in [6.07, 6.45) is 5.92. The van der Waals surface area contributed by atoms with Gasteiger partial charge in [-0.15, -0.1) is 0 Å². The number of carboxylic acid groups (broad SMARTS) is 1. The van der Waals surface area contributed by atoms with Gasteiger partial charge in [0.1, 0.15) is 11.3 Å². The third-order valence-electron chi connectivity index (χ3n) is 5.74. The number of fused-ring (bicyclic) bond motifs is 1. The van der Waals surface area contributed by atoms with Crippen LogP contribution < -0.4 is 10.1 Å². The molecule has 1 heterocycles. The van der Waals surface area contributed by atoms with E-state index in [1.165, 1.54) is 12.8 Å². The van der Waals surface area contributed by atoms with Gasteiger partial charge >= 0.3 is 5.97 Å². The molecular weight excluding hydrogens is 360 g/mol. The first-order valence-electron chi connectivity index (χ1n) is 9.81. The molecule has 4 rings (SSSR count). The second-order valence-electron chi connectivity index (χ2n) is 7.96.